The topological polar surface area (TPSA) is 35.5 Å². The van der Waals surface area contributed by atoms with Crippen LogP contribution in [0, 0.1) is 20.8 Å². The molecule has 3 nitrogen and oxygen atoms in total. The van der Waals surface area contributed by atoms with E-state index >= 15 is 0 Å². The van der Waals surface area contributed by atoms with Crippen molar-refractivity contribution < 1.29 is 14.3 Å². The Kier molecular flexibility index (Phi) is 6.90. The number of allylic oxidation sites excluding steroid dienone is 1. The minimum atomic E-state index is -0.331. The van der Waals surface area contributed by atoms with E-state index < -0.39 is 0 Å². The maximum Gasteiger partial charge on any atom is 0.342 e. The molecule has 0 aliphatic rings. The number of carbonyl (C=O) groups is 1. The molecule has 22 heavy (non-hydrogen) atoms. The van der Waals surface area contributed by atoms with Crippen LogP contribution in [0.1, 0.15) is 46.0 Å². The minimum absolute atomic E-state index is 0.331. The number of hydrogen-bond acceptors (Lipinski definition) is 3. The zero-order valence-corrected chi connectivity index (χ0v) is 14.1. The molecule has 0 N–H and O–H groups in total. The van der Waals surface area contributed by atoms with Gasteiger partial charge in [0.2, 0.25) is 0 Å². The van der Waals surface area contributed by atoms with Gasteiger partial charge in [-0.1, -0.05) is 18.7 Å². The molecule has 0 aliphatic heterocycles. The first kappa shape index (κ1) is 18.0. The predicted octanol–water partition coefficient (Wildman–Crippen LogP) is 4.47. The van der Waals surface area contributed by atoms with Crippen molar-refractivity contribution in [1.29, 1.82) is 0 Å². The van der Waals surface area contributed by atoms with Crippen molar-refractivity contribution in [2.45, 2.75) is 40.5 Å². The predicted molar refractivity (Wildman–Crippen MR) is 90.8 cm³/mol. The normalized spacial score (nSPS) is 10.2. The van der Waals surface area contributed by atoms with E-state index in [4.69, 9.17) is 9.47 Å². The Morgan fingerprint density at radius 2 is 1.77 bits per heavy atom. The summed E-state index contributed by atoms with van der Waals surface area (Å²) in [5.41, 5.74) is 4.76. The molecule has 0 amide bonds. The fourth-order valence-electron chi connectivity index (χ4n) is 2.48. The zero-order chi connectivity index (χ0) is 16.7. The van der Waals surface area contributed by atoms with Crippen LogP contribution in [0.2, 0.25) is 0 Å². The van der Waals surface area contributed by atoms with Crippen molar-refractivity contribution >= 4 is 5.97 Å². The van der Waals surface area contributed by atoms with Crippen LogP contribution in [0.15, 0.2) is 25.3 Å². The average Bonchev–Trinajstić information content (AvgIpc) is 2.50. The molecule has 0 atom stereocenters. The van der Waals surface area contributed by atoms with Crippen LogP contribution in [-0.2, 0) is 11.2 Å². The SMILES string of the molecule is C=CCCc1c(C)c(C)c(C)c(C(=O)OCC)c1OCC=C. The second-order valence-electron chi connectivity index (χ2n) is 5.21. The number of benzene rings is 1. The molecule has 1 aromatic carbocycles. The molecule has 1 aromatic rings. The molecule has 0 spiro atoms. The first-order valence-electron chi connectivity index (χ1n) is 7.63. The van der Waals surface area contributed by atoms with Gasteiger partial charge >= 0.3 is 5.97 Å². The van der Waals surface area contributed by atoms with Crippen LogP contribution in [0.25, 0.3) is 0 Å². The highest BCUT2D eigenvalue weighted by molar-refractivity contribution is 5.95. The maximum absolute atomic E-state index is 12.4. The first-order chi connectivity index (χ1) is 10.5. The number of carbonyl (C=O) groups excluding carboxylic acids is 1. The molecule has 0 radical (unpaired) electrons. The number of esters is 1. The quantitative estimate of drug-likeness (QED) is 0.525. The molecule has 0 bridgehead atoms. The molecule has 0 fully saturated rings. The largest absolute Gasteiger partial charge is 0.488 e. The monoisotopic (exact) mass is 302 g/mol. The van der Waals surface area contributed by atoms with Crippen molar-refractivity contribution in [1.82, 2.24) is 0 Å². The summed E-state index contributed by atoms with van der Waals surface area (Å²) in [5, 5.41) is 0. The third kappa shape index (κ3) is 3.79. The highest BCUT2D eigenvalue weighted by atomic mass is 16.5. The van der Waals surface area contributed by atoms with Gasteiger partial charge in [0.25, 0.3) is 0 Å². The van der Waals surface area contributed by atoms with Crippen molar-refractivity contribution in [2.75, 3.05) is 13.2 Å². The summed E-state index contributed by atoms with van der Waals surface area (Å²) in [4.78, 5) is 12.4. The second kappa shape index (κ2) is 8.42. The fourth-order valence-corrected chi connectivity index (χ4v) is 2.48. The molecule has 1 rings (SSSR count). The van der Waals surface area contributed by atoms with Gasteiger partial charge in [-0.15, -0.1) is 6.58 Å². The molecule has 120 valence electrons. The minimum Gasteiger partial charge on any atom is -0.488 e. The van der Waals surface area contributed by atoms with Gasteiger partial charge < -0.3 is 9.47 Å². The van der Waals surface area contributed by atoms with Crippen molar-refractivity contribution in [3.05, 3.63) is 53.1 Å². The van der Waals surface area contributed by atoms with Gasteiger partial charge in [-0.3, -0.25) is 0 Å². The van der Waals surface area contributed by atoms with E-state index in [1.807, 2.05) is 19.9 Å². The van der Waals surface area contributed by atoms with Gasteiger partial charge in [0.05, 0.1) is 6.61 Å². The summed E-state index contributed by atoms with van der Waals surface area (Å²) in [6.07, 6.45) is 5.16. The van der Waals surface area contributed by atoms with Gasteiger partial charge in [0.15, 0.2) is 0 Å². The number of ether oxygens (including phenoxy) is 2. The Balaban J connectivity index is 3.55. The van der Waals surface area contributed by atoms with Crippen LogP contribution >= 0.6 is 0 Å². The average molecular weight is 302 g/mol. The Labute approximate surface area is 133 Å². The fraction of sp³-hybridized carbons (Fsp3) is 0.421. The standard InChI is InChI=1S/C19H26O3/c1-7-10-11-16-14(5)13(4)15(6)17(19(20)21-9-3)18(16)22-12-8-2/h7-8H,1-2,9-12H2,3-6H3. The van der Waals surface area contributed by atoms with Crippen molar-refractivity contribution in [2.24, 2.45) is 0 Å². The van der Waals surface area contributed by atoms with Crippen LogP contribution < -0.4 is 4.74 Å². The second-order valence-corrected chi connectivity index (χ2v) is 5.21. The lowest BCUT2D eigenvalue weighted by atomic mass is 9.90. The van der Waals surface area contributed by atoms with Gasteiger partial charge in [0.1, 0.15) is 17.9 Å². The molecule has 0 unspecified atom stereocenters. The van der Waals surface area contributed by atoms with Gasteiger partial charge in [0, 0.05) is 0 Å². The molecular weight excluding hydrogens is 276 g/mol. The van der Waals surface area contributed by atoms with E-state index in [0.29, 0.717) is 24.5 Å². The lowest BCUT2D eigenvalue weighted by Gasteiger charge is -2.21. The summed E-state index contributed by atoms with van der Waals surface area (Å²) < 4.78 is 11.1. The highest BCUT2D eigenvalue weighted by Gasteiger charge is 2.24. The van der Waals surface area contributed by atoms with E-state index in [2.05, 4.69) is 20.1 Å². The van der Waals surface area contributed by atoms with E-state index in [-0.39, 0.29) is 5.97 Å². The summed E-state index contributed by atoms with van der Waals surface area (Å²) in [7, 11) is 0. The molecule has 0 aromatic heterocycles. The molecule has 0 heterocycles. The van der Waals surface area contributed by atoms with Gasteiger partial charge in [-0.05, 0) is 62.8 Å². The van der Waals surface area contributed by atoms with Crippen LogP contribution in [0.4, 0.5) is 0 Å². The maximum atomic E-state index is 12.4. The van der Waals surface area contributed by atoms with Crippen LogP contribution in [0.5, 0.6) is 5.75 Å². The van der Waals surface area contributed by atoms with Crippen molar-refractivity contribution in [3.63, 3.8) is 0 Å². The molecule has 0 saturated heterocycles. The third-order valence-electron chi connectivity index (χ3n) is 3.88. The van der Waals surface area contributed by atoms with E-state index in [0.717, 1.165) is 35.1 Å². The smallest absolute Gasteiger partial charge is 0.342 e. The molecule has 3 heteroatoms. The van der Waals surface area contributed by atoms with E-state index in [9.17, 15) is 4.79 Å². The lowest BCUT2D eigenvalue weighted by Crippen LogP contribution is -2.14. The summed E-state index contributed by atoms with van der Waals surface area (Å²) in [5.74, 6) is 0.294. The Bertz CT molecular complexity index is 571. The molecule has 0 saturated carbocycles. The van der Waals surface area contributed by atoms with E-state index in [1.165, 1.54) is 0 Å². The third-order valence-corrected chi connectivity index (χ3v) is 3.88. The van der Waals surface area contributed by atoms with Crippen LogP contribution in [0.3, 0.4) is 0 Å². The zero-order valence-electron chi connectivity index (χ0n) is 14.1. The van der Waals surface area contributed by atoms with Crippen molar-refractivity contribution in [3.8, 4) is 5.75 Å². The van der Waals surface area contributed by atoms with Crippen LogP contribution in [-0.4, -0.2) is 19.2 Å². The molecule has 0 aliphatic carbocycles. The van der Waals surface area contributed by atoms with E-state index in [1.54, 1.807) is 13.0 Å². The Hall–Kier alpha value is -2.03. The Morgan fingerprint density at radius 3 is 2.32 bits per heavy atom. The number of rotatable bonds is 8. The summed E-state index contributed by atoms with van der Waals surface area (Å²) in [6, 6.07) is 0. The first-order valence-corrected chi connectivity index (χ1v) is 7.63. The summed E-state index contributed by atoms with van der Waals surface area (Å²) in [6.45, 7) is 16.0. The Morgan fingerprint density at radius 1 is 1.09 bits per heavy atom. The van der Waals surface area contributed by atoms with Gasteiger partial charge in [-0.2, -0.15) is 0 Å². The lowest BCUT2D eigenvalue weighted by molar-refractivity contribution is 0.0521. The summed E-state index contributed by atoms with van der Waals surface area (Å²) >= 11 is 0. The molecular formula is C19H26O3. The van der Waals surface area contributed by atoms with Gasteiger partial charge in [-0.25, -0.2) is 4.79 Å². The highest BCUT2D eigenvalue weighted by Crippen LogP contribution is 2.35. The number of hydrogen-bond donors (Lipinski definition) is 0.